The summed E-state index contributed by atoms with van der Waals surface area (Å²) in [5.41, 5.74) is 8.36. The Balaban J connectivity index is 1.56. The van der Waals surface area contributed by atoms with E-state index in [4.69, 9.17) is 0 Å². The average molecular weight is 398 g/mol. The van der Waals surface area contributed by atoms with E-state index in [1.807, 2.05) is 0 Å². The summed E-state index contributed by atoms with van der Waals surface area (Å²) in [6.45, 7) is 0. The second-order valence-electron chi connectivity index (χ2n) is 7.46. The lowest BCUT2D eigenvalue weighted by atomic mass is 9.94. The third kappa shape index (κ3) is 3.99. The van der Waals surface area contributed by atoms with Crippen LogP contribution in [0.3, 0.4) is 0 Å². The minimum atomic E-state index is 1.14. The van der Waals surface area contributed by atoms with Gasteiger partial charge in [-0.25, -0.2) is 0 Å². The van der Waals surface area contributed by atoms with Crippen LogP contribution in [0.2, 0.25) is 0 Å². The van der Waals surface area contributed by atoms with E-state index in [9.17, 15) is 0 Å². The summed E-state index contributed by atoms with van der Waals surface area (Å²) in [6.07, 6.45) is 0. The predicted molar refractivity (Wildman–Crippen MR) is 132 cm³/mol. The topological polar surface area (TPSA) is 3.24 Å². The molecule has 0 radical (unpaired) electrons. The molecule has 31 heavy (non-hydrogen) atoms. The maximum Gasteiger partial charge on any atom is 0.0462 e. The van der Waals surface area contributed by atoms with Gasteiger partial charge in [0.1, 0.15) is 0 Å². The molecule has 0 aromatic heterocycles. The SMILES string of the molecule is c1ccc(-c2ccccc2-c2ccc(N(c3ccccc3)c3ccccc3)cc2)cc1. The normalized spacial score (nSPS) is 10.6. The van der Waals surface area contributed by atoms with Crippen LogP contribution >= 0.6 is 0 Å². The molecule has 0 saturated carbocycles. The van der Waals surface area contributed by atoms with Crippen molar-refractivity contribution in [2.45, 2.75) is 0 Å². The number of hydrogen-bond acceptors (Lipinski definition) is 1. The first-order chi connectivity index (χ1) is 15.4. The molecular formula is C30H23N. The summed E-state index contributed by atoms with van der Waals surface area (Å²) >= 11 is 0. The number of hydrogen-bond donors (Lipinski definition) is 0. The van der Waals surface area contributed by atoms with Crippen molar-refractivity contribution in [2.24, 2.45) is 0 Å². The van der Waals surface area contributed by atoms with Crippen LogP contribution in [0.25, 0.3) is 22.3 Å². The average Bonchev–Trinajstić information content (AvgIpc) is 2.87. The standard InChI is InChI=1S/C30H23N/c1-4-12-24(13-5-1)29-18-10-11-19-30(29)25-20-22-28(23-21-25)31(26-14-6-2-7-15-26)27-16-8-3-9-17-27/h1-23H. The molecular weight excluding hydrogens is 374 g/mol. The Bertz CT molecular complexity index is 1200. The molecule has 0 amide bonds. The van der Waals surface area contributed by atoms with Crippen molar-refractivity contribution in [2.75, 3.05) is 4.90 Å². The summed E-state index contributed by atoms with van der Waals surface area (Å²) < 4.78 is 0. The number of nitrogens with zero attached hydrogens (tertiary/aromatic N) is 1. The van der Waals surface area contributed by atoms with Gasteiger partial charge in [-0.2, -0.15) is 0 Å². The van der Waals surface area contributed by atoms with Gasteiger partial charge in [0, 0.05) is 17.1 Å². The van der Waals surface area contributed by atoms with Crippen molar-refractivity contribution < 1.29 is 0 Å². The quantitative estimate of drug-likeness (QED) is 0.287. The van der Waals surface area contributed by atoms with E-state index in [1.165, 1.54) is 22.3 Å². The first kappa shape index (κ1) is 18.9. The third-order valence-electron chi connectivity index (χ3n) is 5.48. The monoisotopic (exact) mass is 397 g/mol. The highest BCUT2D eigenvalue weighted by Gasteiger charge is 2.13. The summed E-state index contributed by atoms with van der Waals surface area (Å²) in [4.78, 5) is 2.28. The smallest absolute Gasteiger partial charge is 0.0462 e. The van der Waals surface area contributed by atoms with Crippen molar-refractivity contribution >= 4 is 17.1 Å². The van der Waals surface area contributed by atoms with Crippen molar-refractivity contribution in [3.05, 3.63) is 140 Å². The molecule has 0 atom stereocenters. The molecule has 0 unspecified atom stereocenters. The number of benzene rings is 5. The lowest BCUT2D eigenvalue weighted by Crippen LogP contribution is -2.09. The minimum Gasteiger partial charge on any atom is -0.311 e. The summed E-state index contributed by atoms with van der Waals surface area (Å²) in [5.74, 6) is 0. The molecule has 1 heteroatoms. The predicted octanol–water partition coefficient (Wildman–Crippen LogP) is 8.49. The van der Waals surface area contributed by atoms with Gasteiger partial charge in [0.2, 0.25) is 0 Å². The zero-order chi connectivity index (χ0) is 20.9. The van der Waals surface area contributed by atoms with E-state index in [-0.39, 0.29) is 0 Å². The third-order valence-corrected chi connectivity index (χ3v) is 5.48. The molecule has 148 valence electrons. The van der Waals surface area contributed by atoms with E-state index in [0.717, 1.165) is 17.1 Å². The highest BCUT2D eigenvalue weighted by molar-refractivity contribution is 5.85. The lowest BCUT2D eigenvalue weighted by Gasteiger charge is -2.25. The number of rotatable bonds is 5. The molecule has 0 aliphatic carbocycles. The largest absolute Gasteiger partial charge is 0.311 e. The zero-order valence-electron chi connectivity index (χ0n) is 17.2. The fourth-order valence-electron chi connectivity index (χ4n) is 4.00. The summed E-state index contributed by atoms with van der Waals surface area (Å²) in [7, 11) is 0. The van der Waals surface area contributed by atoms with Crippen molar-refractivity contribution in [1.29, 1.82) is 0 Å². The molecule has 0 N–H and O–H groups in total. The Morgan fingerprint density at radius 3 is 1.13 bits per heavy atom. The van der Waals surface area contributed by atoms with E-state index < -0.39 is 0 Å². The van der Waals surface area contributed by atoms with E-state index in [2.05, 4.69) is 144 Å². The second-order valence-corrected chi connectivity index (χ2v) is 7.46. The molecule has 0 heterocycles. The van der Waals surface area contributed by atoms with Gasteiger partial charge in [-0.05, 0) is 58.7 Å². The fraction of sp³-hybridized carbons (Fsp3) is 0. The lowest BCUT2D eigenvalue weighted by molar-refractivity contribution is 1.28. The van der Waals surface area contributed by atoms with Crippen LogP contribution in [0.5, 0.6) is 0 Å². The molecule has 0 aliphatic rings. The molecule has 5 aromatic carbocycles. The van der Waals surface area contributed by atoms with E-state index in [0.29, 0.717) is 0 Å². The number of para-hydroxylation sites is 2. The fourth-order valence-corrected chi connectivity index (χ4v) is 4.00. The van der Waals surface area contributed by atoms with Gasteiger partial charge in [-0.15, -0.1) is 0 Å². The summed E-state index contributed by atoms with van der Waals surface area (Å²) in [5, 5.41) is 0. The first-order valence-corrected chi connectivity index (χ1v) is 10.6. The van der Waals surface area contributed by atoms with Crippen LogP contribution in [-0.2, 0) is 0 Å². The van der Waals surface area contributed by atoms with Gasteiger partial charge in [0.15, 0.2) is 0 Å². The molecule has 0 aliphatic heterocycles. The maximum absolute atomic E-state index is 2.28. The molecule has 5 rings (SSSR count). The van der Waals surface area contributed by atoms with Crippen LogP contribution in [0.4, 0.5) is 17.1 Å². The first-order valence-electron chi connectivity index (χ1n) is 10.6. The molecule has 5 aromatic rings. The highest BCUT2D eigenvalue weighted by Crippen LogP contribution is 2.37. The van der Waals surface area contributed by atoms with Gasteiger partial charge >= 0.3 is 0 Å². The van der Waals surface area contributed by atoms with Crippen molar-refractivity contribution in [3.8, 4) is 22.3 Å². The maximum atomic E-state index is 2.28. The number of anilines is 3. The van der Waals surface area contributed by atoms with Crippen LogP contribution < -0.4 is 4.90 Å². The minimum absolute atomic E-state index is 1.14. The second kappa shape index (κ2) is 8.73. The van der Waals surface area contributed by atoms with Crippen molar-refractivity contribution in [3.63, 3.8) is 0 Å². The van der Waals surface area contributed by atoms with Gasteiger partial charge in [0.25, 0.3) is 0 Å². The van der Waals surface area contributed by atoms with Gasteiger partial charge in [-0.1, -0.05) is 103 Å². The summed E-state index contributed by atoms with van der Waals surface area (Å²) in [6, 6.07) is 49.0. The van der Waals surface area contributed by atoms with E-state index >= 15 is 0 Å². The Kier molecular flexibility index (Phi) is 5.32. The molecule has 0 fully saturated rings. The van der Waals surface area contributed by atoms with Crippen molar-refractivity contribution in [1.82, 2.24) is 0 Å². The Morgan fingerprint density at radius 1 is 0.290 bits per heavy atom. The van der Waals surface area contributed by atoms with E-state index in [1.54, 1.807) is 0 Å². The van der Waals surface area contributed by atoms with Gasteiger partial charge in [-0.3, -0.25) is 0 Å². The molecule has 1 nitrogen and oxygen atoms in total. The Morgan fingerprint density at radius 2 is 0.645 bits per heavy atom. The van der Waals surface area contributed by atoms with Gasteiger partial charge in [0.05, 0.1) is 0 Å². The zero-order valence-corrected chi connectivity index (χ0v) is 17.2. The molecule has 0 saturated heterocycles. The van der Waals surface area contributed by atoms with Crippen LogP contribution in [0.1, 0.15) is 0 Å². The van der Waals surface area contributed by atoms with Crippen LogP contribution in [0.15, 0.2) is 140 Å². The van der Waals surface area contributed by atoms with Gasteiger partial charge < -0.3 is 4.90 Å². The molecule has 0 bridgehead atoms. The van der Waals surface area contributed by atoms with Crippen LogP contribution in [-0.4, -0.2) is 0 Å². The Hall–Kier alpha value is -4.10. The van der Waals surface area contributed by atoms with Crippen LogP contribution in [0, 0.1) is 0 Å². The highest BCUT2D eigenvalue weighted by atomic mass is 15.1. The Labute approximate surface area is 183 Å². The molecule has 0 spiro atoms.